The summed E-state index contributed by atoms with van der Waals surface area (Å²) < 4.78 is 35.0. The molecule has 3 aliphatic heterocycles. The summed E-state index contributed by atoms with van der Waals surface area (Å²) in [6.07, 6.45) is -1.22. The SMILES string of the molecule is CCO[C@@H]1[C@H]2OC(C)(C)O[C@H]2O[C@@H]1[C@H]1COC(C)(C)O1. The van der Waals surface area contributed by atoms with Crippen LogP contribution in [0.15, 0.2) is 0 Å². The summed E-state index contributed by atoms with van der Waals surface area (Å²) in [5.41, 5.74) is 0. The van der Waals surface area contributed by atoms with Crippen molar-refractivity contribution in [3.63, 3.8) is 0 Å². The molecule has 20 heavy (non-hydrogen) atoms. The van der Waals surface area contributed by atoms with Crippen molar-refractivity contribution in [3.05, 3.63) is 0 Å². The Bertz CT molecular complexity index is 369. The van der Waals surface area contributed by atoms with E-state index in [1.807, 2.05) is 34.6 Å². The van der Waals surface area contributed by atoms with Crippen LogP contribution in [0.5, 0.6) is 0 Å². The minimum atomic E-state index is -0.637. The van der Waals surface area contributed by atoms with E-state index in [2.05, 4.69) is 0 Å². The fraction of sp³-hybridized carbons (Fsp3) is 1.00. The number of rotatable bonds is 3. The molecule has 6 nitrogen and oxygen atoms in total. The van der Waals surface area contributed by atoms with Crippen LogP contribution in [0, 0.1) is 0 Å². The lowest BCUT2D eigenvalue weighted by Gasteiger charge is -2.28. The highest BCUT2D eigenvalue weighted by Crippen LogP contribution is 2.41. The van der Waals surface area contributed by atoms with Crippen molar-refractivity contribution in [2.75, 3.05) is 13.2 Å². The summed E-state index contributed by atoms with van der Waals surface area (Å²) >= 11 is 0. The highest BCUT2D eigenvalue weighted by atomic mass is 16.8. The molecule has 0 spiro atoms. The Kier molecular flexibility index (Phi) is 3.60. The van der Waals surface area contributed by atoms with Gasteiger partial charge < -0.3 is 28.4 Å². The zero-order valence-corrected chi connectivity index (χ0v) is 12.8. The predicted molar refractivity (Wildman–Crippen MR) is 69.0 cm³/mol. The molecule has 3 rings (SSSR count). The number of hydrogen-bond donors (Lipinski definition) is 0. The molecule has 5 atom stereocenters. The predicted octanol–water partition coefficient (Wildman–Crippen LogP) is 1.42. The van der Waals surface area contributed by atoms with E-state index in [-0.39, 0.29) is 24.4 Å². The molecule has 3 aliphatic rings. The number of hydrogen-bond acceptors (Lipinski definition) is 6. The first kappa shape index (κ1) is 14.7. The van der Waals surface area contributed by atoms with E-state index >= 15 is 0 Å². The standard InChI is InChI=1S/C14H24O6/c1-6-15-10-9(8-7-16-13(2,3)18-8)17-12-11(10)19-14(4,5)20-12/h8-12H,6-7H2,1-5H3/t8-,9-,10+,11-,12-/m1/s1. The molecule has 0 aromatic carbocycles. The zero-order chi connectivity index (χ0) is 14.5. The van der Waals surface area contributed by atoms with Gasteiger partial charge in [0.15, 0.2) is 17.9 Å². The van der Waals surface area contributed by atoms with Crippen LogP contribution < -0.4 is 0 Å². The molecular formula is C14H24O6. The van der Waals surface area contributed by atoms with E-state index in [0.29, 0.717) is 13.2 Å². The molecule has 0 saturated carbocycles. The van der Waals surface area contributed by atoms with E-state index in [0.717, 1.165) is 0 Å². The van der Waals surface area contributed by atoms with Crippen molar-refractivity contribution < 1.29 is 28.4 Å². The molecule has 0 aromatic rings. The minimum Gasteiger partial charge on any atom is -0.373 e. The topological polar surface area (TPSA) is 55.4 Å². The third kappa shape index (κ3) is 2.61. The van der Waals surface area contributed by atoms with Crippen molar-refractivity contribution in [2.24, 2.45) is 0 Å². The summed E-state index contributed by atoms with van der Waals surface area (Å²) in [7, 11) is 0. The Hall–Kier alpha value is -0.240. The molecule has 3 saturated heterocycles. The highest BCUT2D eigenvalue weighted by molar-refractivity contribution is 4.98. The van der Waals surface area contributed by atoms with Crippen LogP contribution >= 0.6 is 0 Å². The maximum atomic E-state index is 5.99. The van der Waals surface area contributed by atoms with Gasteiger partial charge in [0.25, 0.3) is 0 Å². The van der Waals surface area contributed by atoms with E-state index < -0.39 is 17.9 Å². The van der Waals surface area contributed by atoms with E-state index in [4.69, 9.17) is 28.4 Å². The molecule has 6 heteroatoms. The van der Waals surface area contributed by atoms with Gasteiger partial charge in [0, 0.05) is 6.61 Å². The van der Waals surface area contributed by atoms with Crippen molar-refractivity contribution in [3.8, 4) is 0 Å². The zero-order valence-electron chi connectivity index (χ0n) is 12.8. The van der Waals surface area contributed by atoms with Gasteiger partial charge in [0.1, 0.15) is 24.4 Å². The number of ether oxygens (including phenoxy) is 6. The number of fused-ring (bicyclic) bond motifs is 1. The van der Waals surface area contributed by atoms with Crippen LogP contribution in [0.1, 0.15) is 34.6 Å². The van der Waals surface area contributed by atoms with Crippen molar-refractivity contribution in [2.45, 2.75) is 76.9 Å². The van der Waals surface area contributed by atoms with Crippen LogP contribution in [-0.4, -0.2) is 55.5 Å². The first-order valence-electron chi connectivity index (χ1n) is 7.26. The van der Waals surface area contributed by atoms with Gasteiger partial charge in [-0.05, 0) is 34.6 Å². The van der Waals surface area contributed by atoms with Crippen molar-refractivity contribution >= 4 is 0 Å². The summed E-state index contributed by atoms with van der Waals surface area (Å²) in [5.74, 6) is -1.22. The van der Waals surface area contributed by atoms with E-state index in [9.17, 15) is 0 Å². The Morgan fingerprint density at radius 1 is 1.00 bits per heavy atom. The Labute approximate surface area is 119 Å². The van der Waals surface area contributed by atoms with E-state index in [1.54, 1.807) is 0 Å². The van der Waals surface area contributed by atoms with Gasteiger partial charge in [-0.3, -0.25) is 0 Å². The smallest absolute Gasteiger partial charge is 0.190 e. The second kappa shape index (κ2) is 4.90. The summed E-state index contributed by atoms with van der Waals surface area (Å²) in [4.78, 5) is 0. The average Bonchev–Trinajstić information content (AvgIpc) is 2.91. The normalized spacial score (nSPS) is 45.8. The van der Waals surface area contributed by atoms with Crippen LogP contribution in [0.2, 0.25) is 0 Å². The van der Waals surface area contributed by atoms with Crippen LogP contribution in [0.4, 0.5) is 0 Å². The highest BCUT2D eigenvalue weighted by Gasteiger charge is 2.58. The van der Waals surface area contributed by atoms with E-state index in [1.165, 1.54) is 0 Å². The molecule has 0 radical (unpaired) electrons. The van der Waals surface area contributed by atoms with Crippen molar-refractivity contribution in [1.29, 1.82) is 0 Å². The molecule has 0 amide bonds. The average molecular weight is 288 g/mol. The Morgan fingerprint density at radius 2 is 1.75 bits per heavy atom. The quantitative estimate of drug-likeness (QED) is 0.783. The van der Waals surface area contributed by atoms with Gasteiger partial charge in [-0.15, -0.1) is 0 Å². The molecule has 0 N–H and O–H groups in total. The van der Waals surface area contributed by atoms with Gasteiger partial charge in [-0.2, -0.15) is 0 Å². The summed E-state index contributed by atoms with van der Waals surface area (Å²) in [5, 5.41) is 0. The molecule has 0 unspecified atom stereocenters. The molecule has 3 fully saturated rings. The monoisotopic (exact) mass is 288 g/mol. The van der Waals surface area contributed by atoms with Crippen molar-refractivity contribution in [1.82, 2.24) is 0 Å². The third-order valence-corrected chi connectivity index (χ3v) is 3.78. The fourth-order valence-electron chi connectivity index (χ4n) is 3.06. The Balaban J connectivity index is 1.73. The first-order valence-corrected chi connectivity index (χ1v) is 7.26. The lowest BCUT2D eigenvalue weighted by atomic mass is 10.1. The molecule has 0 aliphatic carbocycles. The molecule has 3 heterocycles. The van der Waals surface area contributed by atoms with Crippen LogP contribution in [0.3, 0.4) is 0 Å². The fourth-order valence-corrected chi connectivity index (χ4v) is 3.06. The summed E-state index contributed by atoms with van der Waals surface area (Å²) in [6.45, 7) is 10.6. The van der Waals surface area contributed by atoms with Gasteiger partial charge >= 0.3 is 0 Å². The van der Waals surface area contributed by atoms with Gasteiger partial charge in [0.2, 0.25) is 0 Å². The minimum absolute atomic E-state index is 0.164. The second-order valence-electron chi connectivity index (χ2n) is 6.36. The largest absolute Gasteiger partial charge is 0.373 e. The second-order valence-corrected chi connectivity index (χ2v) is 6.36. The molecular weight excluding hydrogens is 264 g/mol. The first-order chi connectivity index (χ1) is 9.31. The summed E-state index contributed by atoms with van der Waals surface area (Å²) in [6, 6.07) is 0. The van der Waals surface area contributed by atoms with Gasteiger partial charge in [0.05, 0.1) is 6.61 Å². The lowest BCUT2D eigenvalue weighted by Crippen LogP contribution is -2.44. The molecule has 116 valence electrons. The van der Waals surface area contributed by atoms with Crippen LogP contribution in [0.25, 0.3) is 0 Å². The lowest BCUT2D eigenvalue weighted by molar-refractivity contribution is -0.235. The third-order valence-electron chi connectivity index (χ3n) is 3.78. The van der Waals surface area contributed by atoms with Gasteiger partial charge in [-0.1, -0.05) is 0 Å². The maximum absolute atomic E-state index is 5.99. The molecule has 0 aromatic heterocycles. The maximum Gasteiger partial charge on any atom is 0.190 e. The van der Waals surface area contributed by atoms with Gasteiger partial charge in [-0.25, -0.2) is 0 Å². The molecule has 0 bridgehead atoms. The Morgan fingerprint density at radius 3 is 2.35 bits per heavy atom. The van der Waals surface area contributed by atoms with Crippen LogP contribution in [-0.2, 0) is 28.4 Å².